The van der Waals surface area contributed by atoms with Gasteiger partial charge in [-0.05, 0) is 31.5 Å². The van der Waals surface area contributed by atoms with Crippen LogP contribution in [0.3, 0.4) is 0 Å². The highest BCUT2D eigenvalue weighted by Crippen LogP contribution is 2.19. The van der Waals surface area contributed by atoms with E-state index in [4.69, 9.17) is 0 Å². The molecular weight excluding hydrogens is 288 g/mol. The average Bonchev–Trinajstić information content (AvgIpc) is 2.98. The van der Waals surface area contributed by atoms with E-state index in [0.29, 0.717) is 5.95 Å². The summed E-state index contributed by atoms with van der Waals surface area (Å²) in [5.74, 6) is 1.45. The van der Waals surface area contributed by atoms with Crippen molar-refractivity contribution in [3.63, 3.8) is 0 Å². The van der Waals surface area contributed by atoms with E-state index in [2.05, 4.69) is 39.4 Å². The van der Waals surface area contributed by atoms with Crippen molar-refractivity contribution in [3.8, 4) is 5.69 Å². The van der Waals surface area contributed by atoms with E-state index in [9.17, 15) is 0 Å². The van der Waals surface area contributed by atoms with Crippen LogP contribution in [0.1, 0.15) is 11.1 Å². The molecule has 6 heteroatoms. The lowest BCUT2D eigenvalue weighted by Crippen LogP contribution is -2.12. The summed E-state index contributed by atoms with van der Waals surface area (Å²) in [4.78, 5) is 10.7. The summed E-state index contributed by atoms with van der Waals surface area (Å²) >= 11 is 0. The molecule has 1 aromatic carbocycles. The molecule has 3 aromatic rings. The maximum absolute atomic E-state index is 4.51. The minimum Gasteiger partial charge on any atom is -0.363 e. The number of pyridine rings is 1. The summed E-state index contributed by atoms with van der Waals surface area (Å²) < 4.78 is 1.76. The minimum atomic E-state index is 0.566. The Hall–Kier alpha value is -2.89. The van der Waals surface area contributed by atoms with Crippen LogP contribution >= 0.6 is 0 Å². The van der Waals surface area contributed by atoms with Crippen molar-refractivity contribution in [1.82, 2.24) is 19.7 Å². The van der Waals surface area contributed by atoms with Gasteiger partial charge in [0.2, 0.25) is 5.95 Å². The molecule has 0 amide bonds. The zero-order valence-corrected chi connectivity index (χ0v) is 13.8. The van der Waals surface area contributed by atoms with E-state index in [-0.39, 0.29) is 0 Å². The van der Waals surface area contributed by atoms with Crippen LogP contribution in [0.2, 0.25) is 0 Å². The molecule has 118 valence electrons. The Bertz CT molecular complexity index is 804. The third-order valence-electron chi connectivity index (χ3n) is 3.56. The molecule has 6 nitrogen and oxygen atoms in total. The van der Waals surface area contributed by atoms with Crippen molar-refractivity contribution in [1.29, 1.82) is 0 Å². The Balaban J connectivity index is 1.87. The summed E-state index contributed by atoms with van der Waals surface area (Å²) in [7, 11) is 3.93. The number of nitrogens with one attached hydrogen (secondary N) is 1. The van der Waals surface area contributed by atoms with Gasteiger partial charge in [-0.1, -0.05) is 17.7 Å². The highest BCUT2D eigenvalue weighted by Gasteiger charge is 2.08. The molecule has 0 spiro atoms. The van der Waals surface area contributed by atoms with Crippen LogP contribution in [-0.2, 0) is 0 Å². The molecule has 2 aromatic heterocycles. The summed E-state index contributed by atoms with van der Waals surface area (Å²) in [6.07, 6.45) is 3.55. The second-order valence-electron chi connectivity index (χ2n) is 5.73. The van der Waals surface area contributed by atoms with Gasteiger partial charge in [0.1, 0.15) is 12.1 Å². The smallest absolute Gasteiger partial charge is 0.246 e. The lowest BCUT2D eigenvalue weighted by molar-refractivity contribution is 0.867. The first-order valence-corrected chi connectivity index (χ1v) is 7.42. The Morgan fingerprint density at radius 1 is 1.04 bits per heavy atom. The molecule has 0 saturated carbocycles. The van der Waals surface area contributed by atoms with Crippen LogP contribution in [0, 0.1) is 13.8 Å². The number of aromatic nitrogens is 4. The van der Waals surface area contributed by atoms with Crippen LogP contribution in [-0.4, -0.2) is 33.8 Å². The van der Waals surface area contributed by atoms with Gasteiger partial charge in [-0.15, -0.1) is 5.10 Å². The maximum atomic E-state index is 4.51. The second-order valence-corrected chi connectivity index (χ2v) is 5.73. The van der Waals surface area contributed by atoms with Crippen LogP contribution < -0.4 is 10.2 Å². The number of hydrogen-bond donors (Lipinski definition) is 1. The Labute approximate surface area is 135 Å². The van der Waals surface area contributed by atoms with Gasteiger partial charge in [0.15, 0.2) is 0 Å². The normalized spacial score (nSPS) is 10.6. The first-order chi connectivity index (χ1) is 11.0. The molecule has 1 N–H and O–H groups in total. The molecule has 0 aliphatic heterocycles. The zero-order valence-electron chi connectivity index (χ0n) is 13.8. The van der Waals surface area contributed by atoms with E-state index in [1.165, 1.54) is 5.56 Å². The summed E-state index contributed by atoms with van der Waals surface area (Å²) in [6, 6.07) is 10.1. The van der Waals surface area contributed by atoms with Crippen molar-refractivity contribution in [3.05, 3.63) is 54.0 Å². The van der Waals surface area contributed by atoms with E-state index in [1.54, 1.807) is 11.0 Å². The van der Waals surface area contributed by atoms with Gasteiger partial charge in [-0.2, -0.15) is 4.98 Å². The third kappa shape index (κ3) is 3.31. The summed E-state index contributed by atoms with van der Waals surface area (Å²) in [5.41, 5.74) is 4.20. The van der Waals surface area contributed by atoms with E-state index in [1.807, 2.05) is 50.3 Å². The van der Waals surface area contributed by atoms with Crippen molar-refractivity contribution >= 4 is 17.5 Å². The molecular formula is C17H20N6. The van der Waals surface area contributed by atoms with Gasteiger partial charge in [-0.25, -0.2) is 9.67 Å². The number of hydrogen-bond acceptors (Lipinski definition) is 5. The standard InChI is InChI=1S/C17H20N6/c1-12-5-7-14(8-6-12)20-17-19-11-23(21-17)15-9-16(22(3)4)18-10-13(15)2/h5-11H,1-4H3,(H,20,21). The van der Waals surface area contributed by atoms with Crippen LogP contribution in [0.25, 0.3) is 5.69 Å². The summed E-state index contributed by atoms with van der Waals surface area (Å²) in [6.45, 7) is 4.07. The maximum Gasteiger partial charge on any atom is 0.246 e. The lowest BCUT2D eigenvalue weighted by Gasteiger charge is -2.13. The number of nitrogens with zero attached hydrogens (tertiary/aromatic N) is 5. The second kappa shape index (κ2) is 6.08. The van der Waals surface area contributed by atoms with Crippen molar-refractivity contribution in [2.45, 2.75) is 13.8 Å². The first-order valence-electron chi connectivity index (χ1n) is 7.42. The first kappa shape index (κ1) is 15.0. The highest BCUT2D eigenvalue weighted by molar-refractivity contribution is 5.54. The van der Waals surface area contributed by atoms with Crippen LogP contribution in [0.5, 0.6) is 0 Å². The third-order valence-corrected chi connectivity index (χ3v) is 3.56. The molecule has 0 saturated heterocycles. The van der Waals surface area contributed by atoms with Gasteiger partial charge >= 0.3 is 0 Å². The molecule has 0 bridgehead atoms. The molecule has 0 fully saturated rings. The SMILES string of the molecule is Cc1ccc(Nc2ncn(-c3cc(N(C)C)ncc3C)n2)cc1. The van der Waals surface area contributed by atoms with E-state index >= 15 is 0 Å². The lowest BCUT2D eigenvalue weighted by atomic mass is 10.2. The molecule has 3 rings (SSSR count). The van der Waals surface area contributed by atoms with Gasteiger partial charge < -0.3 is 10.2 Å². The Morgan fingerprint density at radius 2 is 1.78 bits per heavy atom. The average molecular weight is 308 g/mol. The number of benzene rings is 1. The largest absolute Gasteiger partial charge is 0.363 e. The number of aryl methyl sites for hydroxylation is 2. The van der Waals surface area contributed by atoms with E-state index < -0.39 is 0 Å². The van der Waals surface area contributed by atoms with Gasteiger partial charge in [0, 0.05) is 32.0 Å². The zero-order chi connectivity index (χ0) is 16.4. The fourth-order valence-corrected chi connectivity index (χ4v) is 2.20. The molecule has 0 aliphatic carbocycles. The van der Waals surface area contributed by atoms with Crippen LogP contribution in [0.4, 0.5) is 17.5 Å². The van der Waals surface area contributed by atoms with Crippen molar-refractivity contribution in [2.24, 2.45) is 0 Å². The number of rotatable bonds is 4. The van der Waals surface area contributed by atoms with Crippen LogP contribution in [0.15, 0.2) is 42.9 Å². The highest BCUT2D eigenvalue weighted by atomic mass is 15.4. The van der Waals surface area contributed by atoms with Gasteiger partial charge in [0.25, 0.3) is 0 Å². The van der Waals surface area contributed by atoms with Gasteiger partial charge in [0.05, 0.1) is 5.69 Å². The monoisotopic (exact) mass is 308 g/mol. The van der Waals surface area contributed by atoms with Crippen molar-refractivity contribution in [2.75, 3.05) is 24.3 Å². The topological polar surface area (TPSA) is 58.9 Å². The molecule has 0 atom stereocenters. The Kier molecular flexibility index (Phi) is 3.97. The Morgan fingerprint density at radius 3 is 2.48 bits per heavy atom. The fourth-order valence-electron chi connectivity index (χ4n) is 2.20. The van der Waals surface area contributed by atoms with Crippen molar-refractivity contribution < 1.29 is 0 Å². The summed E-state index contributed by atoms with van der Waals surface area (Å²) in [5, 5.41) is 7.72. The molecule has 0 radical (unpaired) electrons. The molecule has 23 heavy (non-hydrogen) atoms. The quantitative estimate of drug-likeness (QED) is 0.802. The predicted molar refractivity (Wildman–Crippen MR) is 92.7 cm³/mol. The molecule has 0 unspecified atom stereocenters. The predicted octanol–water partition coefficient (Wildman–Crippen LogP) is 3.09. The minimum absolute atomic E-state index is 0.566. The number of anilines is 3. The molecule has 0 aliphatic rings. The van der Waals surface area contributed by atoms with E-state index in [0.717, 1.165) is 22.8 Å². The fraction of sp³-hybridized carbons (Fsp3) is 0.235. The van der Waals surface area contributed by atoms with Gasteiger partial charge in [-0.3, -0.25) is 0 Å². The molecule has 2 heterocycles.